The molecule has 4 aromatic rings. The number of benzene rings is 1. The summed E-state index contributed by atoms with van der Waals surface area (Å²) in [7, 11) is 0. The molecule has 0 spiro atoms. The van der Waals surface area contributed by atoms with E-state index in [0.717, 1.165) is 39.3 Å². The molecule has 2 N–H and O–H groups in total. The first-order valence-corrected chi connectivity index (χ1v) is 9.39. The van der Waals surface area contributed by atoms with E-state index < -0.39 is 0 Å². The van der Waals surface area contributed by atoms with Gasteiger partial charge in [-0.15, -0.1) is 5.10 Å². The average Bonchev–Trinajstić information content (AvgIpc) is 3.27. The second kappa shape index (κ2) is 7.03. The normalized spacial score (nSPS) is 11.6. The number of nitrogens with zero attached hydrogens (tertiary/aromatic N) is 5. The topological polar surface area (TPSA) is 101 Å². The van der Waals surface area contributed by atoms with Crippen molar-refractivity contribution in [1.82, 2.24) is 29.8 Å². The fourth-order valence-electron chi connectivity index (χ4n) is 3.35. The van der Waals surface area contributed by atoms with Crippen molar-refractivity contribution in [3.8, 4) is 0 Å². The first-order chi connectivity index (χ1) is 13.4. The van der Waals surface area contributed by atoms with Crippen LogP contribution in [0.2, 0.25) is 0 Å². The molecule has 0 fully saturated rings. The van der Waals surface area contributed by atoms with Crippen LogP contribution in [0.5, 0.6) is 0 Å². The lowest BCUT2D eigenvalue weighted by atomic mass is 10.1. The highest BCUT2D eigenvalue weighted by Gasteiger charge is 2.16. The lowest BCUT2D eigenvalue weighted by Crippen LogP contribution is -2.15. The van der Waals surface area contributed by atoms with Gasteiger partial charge >= 0.3 is 0 Å². The van der Waals surface area contributed by atoms with E-state index in [4.69, 9.17) is 4.98 Å². The van der Waals surface area contributed by atoms with Crippen molar-refractivity contribution < 1.29 is 4.79 Å². The van der Waals surface area contributed by atoms with E-state index in [-0.39, 0.29) is 11.8 Å². The number of nitrogens with one attached hydrogen (secondary N) is 2. The number of hydrogen-bond acceptors (Lipinski definition) is 5. The molecule has 0 aliphatic rings. The number of aromatic amines is 1. The number of H-pyrrole nitrogens is 1. The Bertz CT molecular complexity index is 1170. The molecule has 0 unspecified atom stereocenters. The number of hydrogen-bond donors (Lipinski definition) is 2. The van der Waals surface area contributed by atoms with E-state index in [2.05, 4.69) is 25.6 Å². The van der Waals surface area contributed by atoms with Gasteiger partial charge in [0.25, 0.3) is 0 Å². The third-order valence-electron chi connectivity index (χ3n) is 4.92. The molecule has 0 aliphatic carbocycles. The van der Waals surface area contributed by atoms with Gasteiger partial charge in [-0.1, -0.05) is 26.0 Å². The SMILES string of the molecule is Cc1nc2c3ccccc3nn2c(C)c1CCC(=O)Nc1n[nH]c(C(C)C)n1. The molecular weight excluding hydrogens is 354 g/mol. The van der Waals surface area contributed by atoms with Crippen molar-refractivity contribution in [2.24, 2.45) is 0 Å². The van der Waals surface area contributed by atoms with E-state index in [1.807, 2.05) is 56.5 Å². The summed E-state index contributed by atoms with van der Waals surface area (Å²) in [5.74, 6) is 1.17. The molecule has 0 saturated heterocycles. The Morgan fingerprint density at radius 1 is 1.21 bits per heavy atom. The van der Waals surface area contributed by atoms with Crippen molar-refractivity contribution in [2.45, 2.75) is 46.5 Å². The van der Waals surface area contributed by atoms with E-state index in [1.165, 1.54) is 0 Å². The molecule has 1 amide bonds. The lowest BCUT2D eigenvalue weighted by molar-refractivity contribution is -0.116. The number of carbonyl (C=O) groups excluding carboxylic acids is 1. The van der Waals surface area contributed by atoms with Gasteiger partial charge in [-0.05, 0) is 38.0 Å². The van der Waals surface area contributed by atoms with Crippen molar-refractivity contribution in [1.29, 1.82) is 0 Å². The maximum atomic E-state index is 12.3. The maximum Gasteiger partial charge on any atom is 0.248 e. The monoisotopic (exact) mass is 377 g/mol. The molecule has 0 aliphatic heterocycles. The van der Waals surface area contributed by atoms with E-state index in [9.17, 15) is 4.79 Å². The summed E-state index contributed by atoms with van der Waals surface area (Å²) < 4.78 is 1.87. The first-order valence-electron chi connectivity index (χ1n) is 9.39. The Morgan fingerprint density at radius 2 is 2.00 bits per heavy atom. The molecule has 3 heterocycles. The van der Waals surface area contributed by atoms with Crippen LogP contribution in [0.15, 0.2) is 24.3 Å². The number of anilines is 1. The second-order valence-corrected chi connectivity index (χ2v) is 7.26. The summed E-state index contributed by atoms with van der Waals surface area (Å²) in [6, 6.07) is 7.96. The first kappa shape index (κ1) is 18.1. The van der Waals surface area contributed by atoms with Gasteiger partial charge in [-0.25, -0.2) is 9.50 Å². The molecule has 1 aromatic carbocycles. The summed E-state index contributed by atoms with van der Waals surface area (Å²) in [4.78, 5) is 21.4. The Kier molecular flexibility index (Phi) is 4.54. The van der Waals surface area contributed by atoms with Crippen LogP contribution in [0.1, 0.15) is 49.0 Å². The van der Waals surface area contributed by atoms with Crippen molar-refractivity contribution in [3.63, 3.8) is 0 Å². The van der Waals surface area contributed by atoms with Crippen molar-refractivity contribution in [3.05, 3.63) is 47.0 Å². The molecule has 4 rings (SSSR count). The van der Waals surface area contributed by atoms with E-state index in [1.54, 1.807) is 0 Å². The van der Waals surface area contributed by atoms with Crippen LogP contribution < -0.4 is 5.32 Å². The van der Waals surface area contributed by atoms with E-state index >= 15 is 0 Å². The quantitative estimate of drug-likeness (QED) is 0.556. The minimum Gasteiger partial charge on any atom is -0.293 e. The standard InChI is InChI=1S/C20H23N7O/c1-11(2)18-23-20(25-24-18)22-17(28)10-9-14-12(3)21-19-15-7-5-6-8-16(15)26-27(19)13(14)4/h5-8,11H,9-10H2,1-4H3,(H2,22,23,24,25,28). The minimum absolute atomic E-state index is 0.126. The van der Waals surface area contributed by atoms with Gasteiger partial charge < -0.3 is 0 Å². The summed E-state index contributed by atoms with van der Waals surface area (Å²) in [5.41, 5.74) is 4.72. The Labute approximate surface area is 162 Å². The number of carbonyl (C=O) groups is 1. The molecule has 3 aromatic heterocycles. The van der Waals surface area contributed by atoms with Crippen LogP contribution in [-0.4, -0.2) is 35.7 Å². The molecule has 8 nitrogen and oxygen atoms in total. The van der Waals surface area contributed by atoms with Crippen LogP contribution in [-0.2, 0) is 11.2 Å². The fraction of sp³-hybridized carbons (Fsp3) is 0.350. The fourth-order valence-corrected chi connectivity index (χ4v) is 3.35. The van der Waals surface area contributed by atoms with Crippen molar-refractivity contribution in [2.75, 3.05) is 5.32 Å². The highest BCUT2D eigenvalue weighted by atomic mass is 16.1. The highest BCUT2D eigenvalue weighted by molar-refractivity contribution is 5.92. The summed E-state index contributed by atoms with van der Waals surface area (Å²) >= 11 is 0. The number of aromatic nitrogens is 6. The molecule has 144 valence electrons. The predicted octanol–water partition coefficient (Wildman–Crippen LogP) is 3.31. The van der Waals surface area contributed by atoms with E-state index in [0.29, 0.717) is 18.8 Å². The zero-order valence-electron chi connectivity index (χ0n) is 16.4. The average molecular weight is 377 g/mol. The molecule has 0 radical (unpaired) electrons. The molecular formula is C20H23N7O. The maximum absolute atomic E-state index is 12.3. The van der Waals surface area contributed by atoms with Gasteiger partial charge in [0.1, 0.15) is 5.82 Å². The lowest BCUT2D eigenvalue weighted by Gasteiger charge is -2.10. The highest BCUT2D eigenvalue weighted by Crippen LogP contribution is 2.23. The third kappa shape index (κ3) is 3.21. The largest absolute Gasteiger partial charge is 0.293 e. The summed E-state index contributed by atoms with van der Waals surface area (Å²) in [5, 5.41) is 15.3. The van der Waals surface area contributed by atoms with Gasteiger partial charge in [0.2, 0.25) is 11.9 Å². The zero-order chi connectivity index (χ0) is 19.8. The molecule has 8 heteroatoms. The van der Waals surface area contributed by atoms with Crippen LogP contribution in [0.3, 0.4) is 0 Å². The Hall–Kier alpha value is -3.29. The second-order valence-electron chi connectivity index (χ2n) is 7.26. The number of aryl methyl sites for hydroxylation is 2. The minimum atomic E-state index is -0.126. The Balaban J connectivity index is 1.54. The molecule has 0 saturated carbocycles. The van der Waals surface area contributed by atoms with Gasteiger partial charge in [-0.2, -0.15) is 10.1 Å². The molecule has 0 bridgehead atoms. The van der Waals surface area contributed by atoms with Gasteiger partial charge in [0.05, 0.1) is 5.52 Å². The van der Waals surface area contributed by atoms with Crippen LogP contribution in [0.4, 0.5) is 5.95 Å². The van der Waals surface area contributed by atoms with Gasteiger partial charge in [0, 0.05) is 29.1 Å². The molecule has 0 atom stereocenters. The number of amides is 1. The van der Waals surface area contributed by atoms with Crippen molar-refractivity contribution >= 4 is 28.4 Å². The smallest absolute Gasteiger partial charge is 0.248 e. The predicted molar refractivity (Wildman–Crippen MR) is 107 cm³/mol. The summed E-state index contributed by atoms with van der Waals surface area (Å²) in [6.07, 6.45) is 0.894. The van der Waals surface area contributed by atoms with Crippen LogP contribution >= 0.6 is 0 Å². The number of rotatable bonds is 5. The number of fused-ring (bicyclic) bond motifs is 3. The van der Waals surface area contributed by atoms with Crippen LogP contribution in [0, 0.1) is 13.8 Å². The summed E-state index contributed by atoms with van der Waals surface area (Å²) in [6.45, 7) is 8.02. The molecule has 28 heavy (non-hydrogen) atoms. The van der Waals surface area contributed by atoms with Gasteiger partial charge in [-0.3, -0.25) is 15.2 Å². The zero-order valence-corrected chi connectivity index (χ0v) is 16.4. The Morgan fingerprint density at radius 3 is 2.75 bits per heavy atom. The van der Waals surface area contributed by atoms with Crippen LogP contribution in [0.25, 0.3) is 16.6 Å². The third-order valence-corrected chi connectivity index (χ3v) is 4.92. The van der Waals surface area contributed by atoms with Gasteiger partial charge in [0.15, 0.2) is 5.65 Å².